The minimum absolute atomic E-state index is 0.308. The molecule has 0 N–H and O–H groups in total. The average molecular weight is 386 g/mol. The molecule has 1 atom stereocenters. The van der Waals surface area contributed by atoms with Gasteiger partial charge >= 0.3 is 0 Å². The smallest absolute Gasteiger partial charge is 0.143 e. The van der Waals surface area contributed by atoms with Gasteiger partial charge in [0.15, 0.2) is 0 Å². The number of benzene rings is 1. The van der Waals surface area contributed by atoms with Crippen molar-refractivity contribution in [2.45, 2.75) is 26.0 Å². The number of hydrogen-bond acceptors (Lipinski definition) is 7. The summed E-state index contributed by atoms with van der Waals surface area (Å²) in [4.78, 5) is 16.4. The number of piperazine rings is 1. The molecule has 7 heteroatoms. The Morgan fingerprint density at radius 2 is 1.96 bits per heavy atom. The minimum atomic E-state index is 0.308. The van der Waals surface area contributed by atoms with E-state index >= 15 is 0 Å². The first kappa shape index (κ1) is 19.4. The van der Waals surface area contributed by atoms with Crippen molar-refractivity contribution < 1.29 is 9.47 Å². The van der Waals surface area contributed by atoms with Crippen LogP contribution >= 0.6 is 0 Å². The zero-order valence-electron chi connectivity index (χ0n) is 17.2. The van der Waals surface area contributed by atoms with Gasteiger partial charge in [-0.25, -0.2) is 9.97 Å². The molecule has 152 valence electrons. The molecule has 2 aliphatic heterocycles. The lowest BCUT2D eigenvalue weighted by Gasteiger charge is -2.40. The molecule has 3 heterocycles. The molecule has 0 saturated carbocycles. The van der Waals surface area contributed by atoms with Gasteiger partial charge in [-0.15, -0.1) is 0 Å². The van der Waals surface area contributed by atoms with Crippen LogP contribution in [0.5, 0.6) is 5.75 Å². The number of aromatic nitrogens is 2. The topological polar surface area (TPSA) is 54.0 Å². The van der Waals surface area contributed by atoms with Crippen molar-refractivity contribution >= 4 is 16.7 Å². The van der Waals surface area contributed by atoms with Gasteiger partial charge in [0.05, 0.1) is 30.7 Å². The zero-order valence-corrected chi connectivity index (χ0v) is 17.2. The lowest BCUT2D eigenvalue weighted by Crippen LogP contribution is -2.53. The molecule has 1 unspecified atom stereocenters. The van der Waals surface area contributed by atoms with E-state index in [0.29, 0.717) is 12.1 Å². The molecule has 0 spiro atoms. The molecule has 0 radical (unpaired) electrons. The lowest BCUT2D eigenvalue weighted by atomic mass is 10.1. The van der Waals surface area contributed by atoms with Gasteiger partial charge in [0, 0.05) is 51.9 Å². The Morgan fingerprint density at radius 1 is 1.14 bits per heavy atom. The van der Waals surface area contributed by atoms with Gasteiger partial charge in [0.2, 0.25) is 0 Å². The summed E-state index contributed by atoms with van der Waals surface area (Å²) in [5.74, 6) is 1.81. The Bertz CT molecular complexity index is 786. The first-order chi connectivity index (χ1) is 13.7. The minimum Gasteiger partial charge on any atom is -0.496 e. The van der Waals surface area contributed by atoms with Crippen LogP contribution in [0.3, 0.4) is 0 Å². The zero-order chi connectivity index (χ0) is 19.5. The summed E-state index contributed by atoms with van der Waals surface area (Å²) in [5.41, 5.74) is 0.927. The van der Waals surface area contributed by atoms with E-state index in [1.54, 1.807) is 13.4 Å². The fraction of sp³-hybridized carbons (Fsp3) is 0.619. The molecule has 7 nitrogen and oxygen atoms in total. The molecule has 2 saturated heterocycles. The highest BCUT2D eigenvalue weighted by Gasteiger charge is 2.27. The Balaban J connectivity index is 1.40. The number of fused-ring (bicyclic) bond motifs is 1. The van der Waals surface area contributed by atoms with Crippen molar-refractivity contribution in [3.63, 3.8) is 0 Å². The van der Waals surface area contributed by atoms with E-state index in [1.165, 1.54) is 0 Å². The summed E-state index contributed by atoms with van der Waals surface area (Å²) >= 11 is 0. The second-order valence-electron chi connectivity index (χ2n) is 7.92. The second kappa shape index (κ2) is 8.59. The fourth-order valence-corrected chi connectivity index (χ4v) is 4.22. The molecule has 4 rings (SSSR count). The molecule has 28 heavy (non-hydrogen) atoms. The van der Waals surface area contributed by atoms with Crippen LogP contribution in [0.25, 0.3) is 10.9 Å². The van der Waals surface area contributed by atoms with Crippen molar-refractivity contribution in [2.24, 2.45) is 0 Å². The predicted molar refractivity (Wildman–Crippen MR) is 111 cm³/mol. The van der Waals surface area contributed by atoms with Crippen LogP contribution in [0.4, 0.5) is 5.82 Å². The van der Waals surface area contributed by atoms with Gasteiger partial charge in [-0.1, -0.05) is 6.07 Å². The first-order valence-electron chi connectivity index (χ1n) is 10.3. The first-order valence-corrected chi connectivity index (χ1v) is 10.3. The highest BCUT2D eigenvalue weighted by atomic mass is 16.5. The SMILES string of the molecule is COc1cccc2ncnc(N3CCN(CC4CN(C(C)C)CCO4)CC3)c12. The third-order valence-corrected chi connectivity index (χ3v) is 5.86. The van der Waals surface area contributed by atoms with Gasteiger partial charge in [0.1, 0.15) is 17.9 Å². The number of rotatable bonds is 5. The van der Waals surface area contributed by atoms with Crippen LogP contribution in [0.2, 0.25) is 0 Å². The van der Waals surface area contributed by atoms with E-state index in [4.69, 9.17) is 9.47 Å². The second-order valence-corrected chi connectivity index (χ2v) is 7.92. The Kier molecular flexibility index (Phi) is 5.94. The number of ether oxygens (including phenoxy) is 2. The molecule has 0 bridgehead atoms. The van der Waals surface area contributed by atoms with E-state index < -0.39 is 0 Å². The number of anilines is 1. The number of methoxy groups -OCH3 is 1. The fourth-order valence-electron chi connectivity index (χ4n) is 4.22. The van der Waals surface area contributed by atoms with Crippen molar-refractivity contribution in [2.75, 3.05) is 64.4 Å². The average Bonchev–Trinajstić information content (AvgIpc) is 2.73. The molecular weight excluding hydrogens is 354 g/mol. The predicted octanol–water partition coefficient (Wildman–Crippen LogP) is 1.87. The van der Waals surface area contributed by atoms with Crippen LogP contribution in [-0.4, -0.2) is 91.4 Å². The number of morpholine rings is 1. The summed E-state index contributed by atoms with van der Waals surface area (Å²) in [6.07, 6.45) is 1.96. The van der Waals surface area contributed by atoms with Crippen molar-refractivity contribution in [1.82, 2.24) is 19.8 Å². The number of hydrogen-bond donors (Lipinski definition) is 0. The summed E-state index contributed by atoms with van der Waals surface area (Å²) in [6, 6.07) is 6.55. The Labute approximate surface area is 167 Å². The van der Waals surface area contributed by atoms with Crippen LogP contribution < -0.4 is 9.64 Å². The van der Waals surface area contributed by atoms with Gasteiger partial charge in [-0.2, -0.15) is 0 Å². The van der Waals surface area contributed by atoms with Crippen LogP contribution in [0.15, 0.2) is 24.5 Å². The normalized spacial score (nSPS) is 22.1. The summed E-state index contributed by atoms with van der Waals surface area (Å²) < 4.78 is 11.6. The molecule has 2 aliphatic rings. The van der Waals surface area contributed by atoms with Gasteiger partial charge in [-0.3, -0.25) is 9.80 Å². The van der Waals surface area contributed by atoms with Crippen molar-refractivity contribution in [3.8, 4) is 5.75 Å². The quantitative estimate of drug-likeness (QED) is 0.779. The molecular formula is C21H31N5O2. The van der Waals surface area contributed by atoms with E-state index in [9.17, 15) is 0 Å². The Morgan fingerprint density at radius 3 is 2.71 bits per heavy atom. The maximum atomic E-state index is 6.03. The summed E-state index contributed by atoms with van der Waals surface area (Å²) in [7, 11) is 1.70. The van der Waals surface area contributed by atoms with Crippen molar-refractivity contribution in [3.05, 3.63) is 24.5 Å². The Hall–Kier alpha value is -1.96. The third kappa shape index (κ3) is 4.06. The van der Waals surface area contributed by atoms with Crippen LogP contribution in [0.1, 0.15) is 13.8 Å². The van der Waals surface area contributed by atoms with Gasteiger partial charge in [0.25, 0.3) is 0 Å². The molecule has 0 amide bonds. The van der Waals surface area contributed by atoms with E-state index in [0.717, 1.165) is 74.9 Å². The lowest BCUT2D eigenvalue weighted by molar-refractivity contribution is -0.0525. The molecule has 2 fully saturated rings. The monoisotopic (exact) mass is 385 g/mol. The molecule has 1 aromatic carbocycles. The van der Waals surface area contributed by atoms with Crippen LogP contribution in [-0.2, 0) is 4.74 Å². The molecule has 1 aromatic heterocycles. The van der Waals surface area contributed by atoms with Gasteiger partial charge < -0.3 is 14.4 Å². The van der Waals surface area contributed by atoms with E-state index in [1.807, 2.05) is 18.2 Å². The maximum absolute atomic E-state index is 6.03. The van der Waals surface area contributed by atoms with E-state index in [2.05, 4.69) is 38.5 Å². The molecule has 2 aromatic rings. The van der Waals surface area contributed by atoms with Crippen molar-refractivity contribution in [1.29, 1.82) is 0 Å². The highest BCUT2D eigenvalue weighted by Crippen LogP contribution is 2.32. The summed E-state index contributed by atoms with van der Waals surface area (Å²) in [5, 5.41) is 1.00. The number of nitrogens with zero attached hydrogens (tertiary/aromatic N) is 5. The van der Waals surface area contributed by atoms with Crippen LogP contribution in [0, 0.1) is 0 Å². The highest BCUT2D eigenvalue weighted by molar-refractivity contribution is 5.94. The maximum Gasteiger partial charge on any atom is 0.143 e. The largest absolute Gasteiger partial charge is 0.496 e. The standard InChI is InChI=1S/C21H31N5O2/c1-16(2)26-11-12-28-17(14-26)13-24-7-9-25(10-8-24)21-20-18(22-15-23-21)5-4-6-19(20)27-3/h4-6,15-17H,7-14H2,1-3H3. The molecule has 0 aliphatic carbocycles. The van der Waals surface area contributed by atoms with Gasteiger partial charge in [-0.05, 0) is 26.0 Å². The third-order valence-electron chi connectivity index (χ3n) is 5.86. The van der Waals surface area contributed by atoms with E-state index in [-0.39, 0.29) is 0 Å². The summed E-state index contributed by atoms with van der Waals surface area (Å²) in [6.45, 7) is 12.4.